The molecule has 3 N–H and O–H groups in total. The Labute approximate surface area is 257 Å². The van der Waals surface area contributed by atoms with Crippen molar-refractivity contribution in [3.63, 3.8) is 0 Å². The summed E-state index contributed by atoms with van der Waals surface area (Å²) in [5.41, 5.74) is 11.0. The summed E-state index contributed by atoms with van der Waals surface area (Å²) < 4.78 is 2.29. The lowest BCUT2D eigenvalue weighted by Gasteiger charge is -2.17. The van der Waals surface area contributed by atoms with E-state index < -0.39 is 0 Å². The van der Waals surface area contributed by atoms with Gasteiger partial charge in [0.2, 0.25) is 0 Å². The monoisotopic (exact) mass is 606 g/mol. The third-order valence-electron chi connectivity index (χ3n) is 5.97. The molecule has 0 spiro atoms. The first-order valence-corrected chi connectivity index (χ1v) is 15.0. The van der Waals surface area contributed by atoms with Crippen molar-refractivity contribution in [2.24, 2.45) is 5.73 Å². The molecule has 1 aliphatic rings. The molecular formula is C33H36Cl2N4OS. The third kappa shape index (κ3) is 9.65. The van der Waals surface area contributed by atoms with Gasteiger partial charge in [0.25, 0.3) is 5.91 Å². The number of anilines is 2. The van der Waals surface area contributed by atoms with Crippen LogP contribution in [-0.4, -0.2) is 29.7 Å². The Hall–Kier alpha value is -3.29. The van der Waals surface area contributed by atoms with Crippen LogP contribution in [0.3, 0.4) is 0 Å². The molecule has 5 nitrogen and oxygen atoms in total. The van der Waals surface area contributed by atoms with Crippen LogP contribution in [0.2, 0.25) is 5.02 Å². The second kappa shape index (κ2) is 16.2. The third-order valence-corrected chi connectivity index (χ3v) is 7.47. The Morgan fingerprint density at radius 2 is 1.90 bits per heavy atom. The SMILES string of the molecule is C/C=C\CN.C=C(C)Cl.Cc1cc(N2CCCS2)ccc1C(=O)Nc1ccc(Cl)c(-c2ccc3ccccc3n2)c1. The Kier molecular flexibility index (Phi) is 12.8. The van der Waals surface area contributed by atoms with Gasteiger partial charge in [0.1, 0.15) is 0 Å². The Bertz CT molecular complexity index is 1510. The summed E-state index contributed by atoms with van der Waals surface area (Å²) in [7, 11) is 0. The molecular weight excluding hydrogens is 571 g/mol. The number of nitrogens with one attached hydrogen (secondary N) is 1. The number of aromatic nitrogens is 1. The van der Waals surface area contributed by atoms with Crippen molar-refractivity contribution in [1.29, 1.82) is 0 Å². The molecule has 1 aromatic heterocycles. The van der Waals surface area contributed by atoms with Gasteiger partial charge in [-0.3, -0.25) is 4.79 Å². The Balaban J connectivity index is 0.000000451. The molecule has 2 heterocycles. The molecule has 1 saturated heterocycles. The summed E-state index contributed by atoms with van der Waals surface area (Å²) in [6.07, 6.45) is 5.02. The molecule has 214 valence electrons. The number of nitrogens with two attached hydrogens (primary N) is 1. The van der Waals surface area contributed by atoms with Gasteiger partial charge in [0.05, 0.1) is 16.2 Å². The van der Waals surface area contributed by atoms with Crippen molar-refractivity contribution in [3.05, 3.63) is 113 Å². The van der Waals surface area contributed by atoms with Crippen molar-refractivity contribution in [3.8, 4) is 11.3 Å². The number of allylic oxidation sites excluding steroid dienone is 2. The summed E-state index contributed by atoms with van der Waals surface area (Å²) in [6.45, 7) is 10.7. The van der Waals surface area contributed by atoms with Gasteiger partial charge >= 0.3 is 0 Å². The fraction of sp³-hybridized carbons (Fsp3) is 0.212. The number of rotatable bonds is 5. The number of benzene rings is 3. The number of amides is 1. The van der Waals surface area contributed by atoms with Gasteiger partial charge in [-0.05, 0) is 93.2 Å². The quantitative estimate of drug-likeness (QED) is 0.175. The minimum Gasteiger partial charge on any atom is -0.327 e. The molecule has 1 fully saturated rings. The predicted molar refractivity (Wildman–Crippen MR) is 180 cm³/mol. The van der Waals surface area contributed by atoms with Crippen LogP contribution in [0.25, 0.3) is 22.2 Å². The lowest BCUT2D eigenvalue weighted by molar-refractivity contribution is 0.102. The molecule has 0 radical (unpaired) electrons. The maximum Gasteiger partial charge on any atom is 0.255 e. The zero-order valence-electron chi connectivity index (χ0n) is 23.7. The number of nitrogens with zero attached hydrogens (tertiary/aromatic N) is 2. The molecule has 0 bridgehead atoms. The smallest absolute Gasteiger partial charge is 0.255 e. The fourth-order valence-electron chi connectivity index (χ4n) is 4.06. The van der Waals surface area contributed by atoms with E-state index in [1.165, 1.54) is 6.42 Å². The number of para-hydroxylation sites is 1. The number of halogens is 2. The van der Waals surface area contributed by atoms with Crippen molar-refractivity contribution in [1.82, 2.24) is 4.98 Å². The molecule has 1 amide bonds. The second-order valence-electron chi connectivity index (χ2n) is 9.31. The van der Waals surface area contributed by atoms with Crippen LogP contribution < -0.4 is 15.4 Å². The Morgan fingerprint density at radius 1 is 1.15 bits per heavy atom. The van der Waals surface area contributed by atoms with Gasteiger partial charge in [-0.15, -0.1) is 0 Å². The lowest BCUT2D eigenvalue weighted by atomic mass is 10.1. The maximum absolute atomic E-state index is 13.0. The normalized spacial score (nSPS) is 12.4. The zero-order valence-corrected chi connectivity index (χ0v) is 26.0. The van der Waals surface area contributed by atoms with Crippen LogP contribution in [0.4, 0.5) is 11.4 Å². The zero-order chi connectivity index (χ0) is 29.8. The second-order valence-corrected chi connectivity index (χ2v) is 11.5. The summed E-state index contributed by atoms with van der Waals surface area (Å²) in [5.74, 6) is 1.01. The first-order valence-electron chi connectivity index (χ1n) is 13.3. The highest BCUT2D eigenvalue weighted by Crippen LogP contribution is 2.32. The van der Waals surface area contributed by atoms with Gasteiger partial charge in [0, 0.05) is 51.8 Å². The van der Waals surface area contributed by atoms with Crippen LogP contribution in [0.1, 0.15) is 36.2 Å². The molecule has 5 rings (SSSR count). The Morgan fingerprint density at radius 3 is 2.54 bits per heavy atom. The van der Waals surface area contributed by atoms with E-state index in [0.717, 1.165) is 45.7 Å². The number of pyridine rings is 1. The van der Waals surface area contributed by atoms with E-state index in [1.807, 2.05) is 98.6 Å². The van der Waals surface area contributed by atoms with Gasteiger partial charge < -0.3 is 15.4 Å². The van der Waals surface area contributed by atoms with E-state index in [4.69, 9.17) is 33.9 Å². The molecule has 1 aliphatic heterocycles. The van der Waals surface area contributed by atoms with E-state index in [1.54, 1.807) is 13.0 Å². The van der Waals surface area contributed by atoms with E-state index in [-0.39, 0.29) is 5.91 Å². The van der Waals surface area contributed by atoms with Crippen LogP contribution in [0, 0.1) is 6.92 Å². The predicted octanol–water partition coefficient (Wildman–Crippen LogP) is 9.25. The minimum absolute atomic E-state index is 0.136. The molecule has 4 aromatic rings. The van der Waals surface area contributed by atoms with Gasteiger partial charge in [-0.1, -0.05) is 66.2 Å². The fourth-order valence-corrected chi connectivity index (χ4v) is 5.27. The summed E-state index contributed by atoms with van der Waals surface area (Å²) in [5, 5.41) is 5.32. The minimum atomic E-state index is -0.136. The van der Waals surface area contributed by atoms with Crippen molar-refractivity contribution >= 4 is 63.3 Å². The number of hydrogen-bond donors (Lipinski definition) is 2. The highest BCUT2D eigenvalue weighted by atomic mass is 35.5. The molecule has 0 saturated carbocycles. The van der Waals surface area contributed by atoms with E-state index in [2.05, 4.69) is 22.3 Å². The lowest BCUT2D eigenvalue weighted by Crippen LogP contribution is -2.15. The van der Waals surface area contributed by atoms with Gasteiger partial charge in [-0.25, -0.2) is 4.98 Å². The highest BCUT2D eigenvalue weighted by molar-refractivity contribution is 8.00. The molecule has 0 unspecified atom stereocenters. The number of aryl methyl sites for hydroxylation is 1. The van der Waals surface area contributed by atoms with Crippen molar-refractivity contribution in [2.45, 2.75) is 27.2 Å². The maximum atomic E-state index is 13.0. The van der Waals surface area contributed by atoms with Crippen molar-refractivity contribution < 1.29 is 4.79 Å². The number of carbonyl (C=O) groups excluding carboxylic acids is 1. The van der Waals surface area contributed by atoms with Gasteiger partial charge in [0.15, 0.2) is 0 Å². The molecule has 41 heavy (non-hydrogen) atoms. The van der Waals surface area contributed by atoms with Crippen LogP contribution >= 0.6 is 35.1 Å². The topological polar surface area (TPSA) is 71.2 Å². The average Bonchev–Trinajstić information content (AvgIpc) is 3.49. The molecule has 3 aromatic carbocycles. The number of fused-ring (bicyclic) bond motifs is 1. The molecule has 8 heteroatoms. The number of carbonyl (C=O) groups is 1. The molecule has 0 aliphatic carbocycles. The first kappa shape index (κ1) is 32.2. The average molecular weight is 608 g/mol. The van der Waals surface area contributed by atoms with E-state index in [9.17, 15) is 4.79 Å². The summed E-state index contributed by atoms with van der Waals surface area (Å²) in [6, 6.07) is 23.4. The van der Waals surface area contributed by atoms with E-state index >= 15 is 0 Å². The van der Waals surface area contributed by atoms with Gasteiger partial charge in [-0.2, -0.15) is 0 Å². The molecule has 0 atom stereocenters. The van der Waals surface area contributed by atoms with Crippen LogP contribution in [-0.2, 0) is 0 Å². The van der Waals surface area contributed by atoms with E-state index in [0.29, 0.717) is 27.9 Å². The summed E-state index contributed by atoms with van der Waals surface area (Å²) in [4.78, 5) is 17.7. The highest BCUT2D eigenvalue weighted by Gasteiger charge is 2.17. The largest absolute Gasteiger partial charge is 0.327 e. The first-order chi connectivity index (χ1) is 19.7. The van der Waals surface area contributed by atoms with Crippen LogP contribution in [0.15, 0.2) is 96.6 Å². The summed E-state index contributed by atoms with van der Waals surface area (Å²) >= 11 is 13.4. The van der Waals surface area contributed by atoms with Crippen molar-refractivity contribution in [2.75, 3.05) is 28.5 Å². The standard InChI is InChI=1S/C26H22ClN3OS.C4H9N.C3H5Cl/c1-17-15-20(30-13-4-14-32-30)9-10-21(17)26(31)28-19-8-11-23(27)22(16-19)25-12-7-18-5-2-3-6-24(18)29-25;1-2-3-4-5;1-3(2)4/h2-3,5-12,15-16H,4,13-14H2,1H3,(H,28,31);2-3H,4-5H2,1H3;1H2,2H3/b;3-2-;. The number of hydrogen-bond acceptors (Lipinski definition) is 5. The van der Waals surface area contributed by atoms with Crippen LogP contribution in [0.5, 0.6) is 0 Å².